The average molecular weight is 331 g/mol. The first-order chi connectivity index (χ1) is 12.3. The van der Waals surface area contributed by atoms with Crippen molar-refractivity contribution in [2.75, 3.05) is 19.0 Å². The molecule has 1 aliphatic heterocycles. The number of nitrogens with zero attached hydrogens (tertiary/aromatic N) is 3. The molecule has 3 heterocycles. The van der Waals surface area contributed by atoms with Crippen molar-refractivity contribution in [3.05, 3.63) is 66.6 Å². The summed E-state index contributed by atoms with van der Waals surface area (Å²) in [6.45, 7) is 0.781. The standard InChI is InChI=1S/C19H17N5O/c1-25-15-5-2-4-13(12-15)17-23-18-16(6-3-9-21-18)19(24-17)22-14-7-10-20-11-8-14/h2-10,12,20H,11H2,1H3,(H,21,22,23,24). The molecule has 0 atom stereocenters. The van der Waals surface area contributed by atoms with Gasteiger partial charge in [-0.2, -0.15) is 0 Å². The largest absolute Gasteiger partial charge is 0.497 e. The SMILES string of the molecule is COc1cccc(-c2nc(NC3=CCNC=C3)c3cccnc3n2)c1. The fourth-order valence-electron chi connectivity index (χ4n) is 2.63. The van der Waals surface area contributed by atoms with Crippen LogP contribution in [0.15, 0.2) is 66.6 Å². The van der Waals surface area contributed by atoms with Gasteiger partial charge >= 0.3 is 0 Å². The summed E-state index contributed by atoms with van der Waals surface area (Å²) >= 11 is 0. The van der Waals surface area contributed by atoms with E-state index < -0.39 is 0 Å². The smallest absolute Gasteiger partial charge is 0.165 e. The van der Waals surface area contributed by atoms with Crippen LogP contribution in [-0.2, 0) is 0 Å². The lowest BCUT2D eigenvalue weighted by Gasteiger charge is -2.13. The molecule has 6 heteroatoms. The summed E-state index contributed by atoms with van der Waals surface area (Å²) < 4.78 is 5.30. The van der Waals surface area contributed by atoms with Crippen molar-refractivity contribution in [3.8, 4) is 17.1 Å². The molecule has 6 nitrogen and oxygen atoms in total. The molecule has 0 spiro atoms. The van der Waals surface area contributed by atoms with Crippen molar-refractivity contribution < 1.29 is 4.74 Å². The van der Waals surface area contributed by atoms with E-state index in [2.05, 4.69) is 26.7 Å². The fraction of sp³-hybridized carbons (Fsp3) is 0.105. The maximum Gasteiger partial charge on any atom is 0.165 e. The van der Waals surface area contributed by atoms with E-state index in [0.717, 1.165) is 34.8 Å². The Bertz CT molecular complexity index is 980. The van der Waals surface area contributed by atoms with E-state index in [4.69, 9.17) is 9.72 Å². The predicted molar refractivity (Wildman–Crippen MR) is 98.2 cm³/mol. The van der Waals surface area contributed by atoms with Crippen molar-refractivity contribution in [2.45, 2.75) is 0 Å². The number of nitrogens with one attached hydrogen (secondary N) is 2. The Morgan fingerprint density at radius 3 is 2.96 bits per heavy atom. The molecule has 0 radical (unpaired) electrons. The Balaban J connectivity index is 1.83. The Hall–Kier alpha value is -3.41. The topological polar surface area (TPSA) is 72.0 Å². The van der Waals surface area contributed by atoms with Crippen LogP contribution in [-0.4, -0.2) is 28.6 Å². The monoisotopic (exact) mass is 331 g/mol. The first kappa shape index (κ1) is 15.1. The van der Waals surface area contributed by atoms with Crippen LogP contribution in [0.3, 0.4) is 0 Å². The summed E-state index contributed by atoms with van der Waals surface area (Å²) in [6, 6.07) is 11.5. The van der Waals surface area contributed by atoms with Gasteiger partial charge in [-0.05, 0) is 42.6 Å². The highest BCUT2D eigenvalue weighted by molar-refractivity contribution is 5.88. The molecule has 0 saturated carbocycles. The number of dihydropyridines is 1. The molecule has 3 aromatic rings. The number of ether oxygens (including phenoxy) is 1. The molecule has 2 aromatic heterocycles. The van der Waals surface area contributed by atoms with Gasteiger partial charge in [-0.25, -0.2) is 15.0 Å². The van der Waals surface area contributed by atoms with Crippen molar-refractivity contribution in [1.82, 2.24) is 20.3 Å². The van der Waals surface area contributed by atoms with E-state index in [-0.39, 0.29) is 0 Å². The maximum absolute atomic E-state index is 5.30. The molecule has 25 heavy (non-hydrogen) atoms. The molecule has 1 aromatic carbocycles. The number of methoxy groups -OCH3 is 1. The van der Waals surface area contributed by atoms with E-state index in [1.807, 2.05) is 48.7 Å². The molecular formula is C19H17N5O. The quantitative estimate of drug-likeness (QED) is 0.765. The number of allylic oxidation sites excluding steroid dienone is 1. The molecule has 0 bridgehead atoms. The summed E-state index contributed by atoms with van der Waals surface area (Å²) in [5.74, 6) is 2.10. The average Bonchev–Trinajstić information content (AvgIpc) is 2.69. The molecule has 2 N–H and O–H groups in total. The molecule has 1 aliphatic rings. The number of hydrogen-bond donors (Lipinski definition) is 2. The molecule has 124 valence electrons. The number of benzene rings is 1. The van der Waals surface area contributed by atoms with Crippen molar-refractivity contribution in [2.24, 2.45) is 0 Å². The molecule has 0 saturated heterocycles. The van der Waals surface area contributed by atoms with Crippen LogP contribution in [0.1, 0.15) is 0 Å². The minimum atomic E-state index is 0.603. The predicted octanol–water partition coefficient (Wildman–Crippen LogP) is 3.11. The van der Waals surface area contributed by atoms with Gasteiger partial charge in [-0.1, -0.05) is 12.1 Å². The van der Waals surface area contributed by atoms with Crippen LogP contribution in [0, 0.1) is 0 Å². The zero-order valence-electron chi connectivity index (χ0n) is 13.7. The normalized spacial score (nSPS) is 13.2. The van der Waals surface area contributed by atoms with Gasteiger partial charge in [0.15, 0.2) is 11.5 Å². The molecule has 0 amide bonds. The van der Waals surface area contributed by atoms with Gasteiger partial charge in [0, 0.05) is 24.0 Å². The number of hydrogen-bond acceptors (Lipinski definition) is 6. The molecule has 0 fully saturated rings. The Labute approximate surface area is 145 Å². The van der Waals surface area contributed by atoms with Gasteiger partial charge in [0.2, 0.25) is 0 Å². The zero-order chi connectivity index (χ0) is 17.1. The molecule has 4 rings (SSSR count). The summed E-state index contributed by atoms with van der Waals surface area (Å²) in [7, 11) is 1.64. The summed E-state index contributed by atoms with van der Waals surface area (Å²) in [4.78, 5) is 13.7. The number of pyridine rings is 1. The van der Waals surface area contributed by atoms with Crippen LogP contribution in [0.2, 0.25) is 0 Å². The number of rotatable bonds is 4. The van der Waals surface area contributed by atoms with Crippen LogP contribution < -0.4 is 15.4 Å². The van der Waals surface area contributed by atoms with E-state index in [9.17, 15) is 0 Å². The minimum Gasteiger partial charge on any atom is -0.497 e. The first-order valence-electron chi connectivity index (χ1n) is 7.98. The second kappa shape index (κ2) is 6.60. The van der Waals surface area contributed by atoms with Gasteiger partial charge in [-0.3, -0.25) is 0 Å². The number of anilines is 1. The van der Waals surface area contributed by atoms with Crippen molar-refractivity contribution in [1.29, 1.82) is 0 Å². The second-order valence-corrected chi connectivity index (χ2v) is 5.53. The van der Waals surface area contributed by atoms with Gasteiger partial charge in [-0.15, -0.1) is 0 Å². The van der Waals surface area contributed by atoms with E-state index >= 15 is 0 Å². The van der Waals surface area contributed by atoms with Crippen LogP contribution in [0.4, 0.5) is 5.82 Å². The van der Waals surface area contributed by atoms with Gasteiger partial charge in [0.1, 0.15) is 11.6 Å². The molecular weight excluding hydrogens is 314 g/mol. The summed E-state index contributed by atoms with van der Waals surface area (Å²) in [5, 5.41) is 7.38. The highest BCUT2D eigenvalue weighted by Crippen LogP contribution is 2.26. The number of fused-ring (bicyclic) bond motifs is 1. The van der Waals surface area contributed by atoms with Crippen LogP contribution in [0.25, 0.3) is 22.4 Å². The molecule has 0 unspecified atom stereocenters. The fourth-order valence-corrected chi connectivity index (χ4v) is 2.63. The van der Waals surface area contributed by atoms with Gasteiger partial charge in [0.25, 0.3) is 0 Å². The van der Waals surface area contributed by atoms with Gasteiger partial charge < -0.3 is 15.4 Å². The van der Waals surface area contributed by atoms with Crippen molar-refractivity contribution in [3.63, 3.8) is 0 Å². The van der Waals surface area contributed by atoms with E-state index in [0.29, 0.717) is 11.5 Å². The zero-order valence-corrected chi connectivity index (χ0v) is 13.7. The maximum atomic E-state index is 5.30. The van der Waals surface area contributed by atoms with Crippen LogP contribution >= 0.6 is 0 Å². The van der Waals surface area contributed by atoms with Crippen LogP contribution in [0.5, 0.6) is 5.75 Å². The Morgan fingerprint density at radius 2 is 2.12 bits per heavy atom. The summed E-state index contributed by atoms with van der Waals surface area (Å²) in [6.07, 6.45) is 7.68. The first-order valence-corrected chi connectivity index (χ1v) is 7.98. The van der Waals surface area contributed by atoms with Crippen molar-refractivity contribution >= 4 is 16.9 Å². The minimum absolute atomic E-state index is 0.603. The third-order valence-corrected chi connectivity index (χ3v) is 3.88. The lowest BCUT2D eigenvalue weighted by Crippen LogP contribution is -2.13. The third-order valence-electron chi connectivity index (χ3n) is 3.88. The van der Waals surface area contributed by atoms with E-state index in [1.165, 1.54) is 0 Å². The highest BCUT2D eigenvalue weighted by Gasteiger charge is 2.11. The third kappa shape index (κ3) is 3.14. The highest BCUT2D eigenvalue weighted by atomic mass is 16.5. The lowest BCUT2D eigenvalue weighted by molar-refractivity contribution is 0.415. The van der Waals surface area contributed by atoms with E-state index in [1.54, 1.807) is 13.3 Å². The Morgan fingerprint density at radius 1 is 1.16 bits per heavy atom. The lowest BCUT2D eigenvalue weighted by atomic mass is 10.2. The molecule has 0 aliphatic carbocycles. The van der Waals surface area contributed by atoms with Gasteiger partial charge in [0.05, 0.1) is 12.5 Å². The second-order valence-electron chi connectivity index (χ2n) is 5.53. The Kier molecular flexibility index (Phi) is 4.00. The summed E-state index contributed by atoms with van der Waals surface area (Å²) in [5.41, 5.74) is 2.51. The number of aromatic nitrogens is 3.